The van der Waals surface area contributed by atoms with Crippen LogP contribution >= 0.6 is 0 Å². The molecule has 98 valence electrons. The highest BCUT2D eigenvalue weighted by atomic mass is 16.3. The van der Waals surface area contributed by atoms with Crippen molar-refractivity contribution in [3.63, 3.8) is 0 Å². The van der Waals surface area contributed by atoms with E-state index in [1.807, 2.05) is 12.1 Å². The molecule has 1 aliphatic heterocycles. The van der Waals surface area contributed by atoms with Gasteiger partial charge in [-0.15, -0.1) is 0 Å². The van der Waals surface area contributed by atoms with E-state index in [2.05, 4.69) is 11.0 Å². The number of rotatable bonds is 4. The van der Waals surface area contributed by atoms with E-state index in [9.17, 15) is 5.11 Å². The molecule has 1 N–H and O–H groups in total. The molecular weight excluding hydrogens is 222 g/mol. The number of aromatic hydroxyl groups is 1. The van der Waals surface area contributed by atoms with Gasteiger partial charge < -0.3 is 5.11 Å². The first-order valence-electron chi connectivity index (χ1n) is 7.30. The van der Waals surface area contributed by atoms with Gasteiger partial charge in [0, 0.05) is 13.1 Å². The zero-order chi connectivity index (χ0) is 12.4. The second kappa shape index (κ2) is 5.31. The van der Waals surface area contributed by atoms with E-state index in [4.69, 9.17) is 0 Å². The van der Waals surface area contributed by atoms with Crippen LogP contribution < -0.4 is 0 Å². The van der Waals surface area contributed by atoms with Crippen molar-refractivity contribution in [2.75, 3.05) is 13.1 Å². The van der Waals surface area contributed by atoms with Gasteiger partial charge in [-0.2, -0.15) is 0 Å². The average molecular weight is 245 g/mol. The van der Waals surface area contributed by atoms with Crippen molar-refractivity contribution < 1.29 is 5.11 Å². The first-order valence-corrected chi connectivity index (χ1v) is 7.30. The zero-order valence-corrected chi connectivity index (χ0v) is 11.0. The van der Waals surface area contributed by atoms with Gasteiger partial charge in [0.2, 0.25) is 0 Å². The second-order valence-corrected chi connectivity index (χ2v) is 6.09. The fourth-order valence-electron chi connectivity index (χ4n) is 3.23. The summed E-state index contributed by atoms with van der Waals surface area (Å²) in [6.07, 6.45) is 7.17. The SMILES string of the molecule is Oc1cccc(CN2CCCC(CC3CC3)C2)c1. The van der Waals surface area contributed by atoms with Gasteiger partial charge in [0.25, 0.3) is 0 Å². The highest BCUT2D eigenvalue weighted by Crippen LogP contribution is 2.37. The quantitative estimate of drug-likeness (QED) is 0.878. The number of hydrogen-bond donors (Lipinski definition) is 1. The molecular formula is C16H23NO. The van der Waals surface area contributed by atoms with E-state index in [1.54, 1.807) is 6.07 Å². The number of phenolic OH excluding ortho intramolecular Hbond substituents is 1. The van der Waals surface area contributed by atoms with E-state index < -0.39 is 0 Å². The predicted octanol–water partition coefficient (Wildman–Crippen LogP) is 3.40. The standard InChI is InChI=1S/C16H23NO/c18-16-5-1-3-15(10-16)12-17-8-2-4-14(11-17)9-13-6-7-13/h1,3,5,10,13-14,18H,2,4,6-9,11-12H2. The number of phenols is 1. The maximum Gasteiger partial charge on any atom is 0.115 e. The molecule has 0 aromatic heterocycles. The monoisotopic (exact) mass is 245 g/mol. The Balaban J connectivity index is 1.55. The van der Waals surface area contributed by atoms with Crippen LogP contribution in [0.3, 0.4) is 0 Å². The molecule has 1 heterocycles. The van der Waals surface area contributed by atoms with Gasteiger partial charge in [-0.25, -0.2) is 0 Å². The Morgan fingerprint density at radius 2 is 2.06 bits per heavy atom. The molecule has 18 heavy (non-hydrogen) atoms. The van der Waals surface area contributed by atoms with Crippen molar-refractivity contribution in [2.24, 2.45) is 11.8 Å². The summed E-state index contributed by atoms with van der Waals surface area (Å²) in [6.45, 7) is 3.47. The molecule has 2 aliphatic rings. The van der Waals surface area contributed by atoms with E-state index in [1.165, 1.54) is 50.8 Å². The minimum atomic E-state index is 0.388. The lowest BCUT2D eigenvalue weighted by Crippen LogP contribution is -2.35. The van der Waals surface area contributed by atoms with Crippen LogP contribution in [-0.4, -0.2) is 23.1 Å². The van der Waals surface area contributed by atoms with Crippen molar-refractivity contribution in [1.29, 1.82) is 0 Å². The Kier molecular flexibility index (Phi) is 3.55. The summed E-state index contributed by atoms with van der Waals surface area (Å²) in [5.41, 5.74) is 1.24. The van der Waals surface area contributed by atoms with Gasteiger partial charge in [-0.1, -0.05) is 25.0 Å². The molecule has 1 aliphatic carbocycles. The van der Waals surface area contributed by atoms with Gasteiger partial charge in [-0.3, -0.25) is 4.90 Å². The van der Waals surface area contributed by atoms with Crippen LogP contribution in [-0.2, 0) is 6.54 Å². The molecule has 0 radical (unpaired) electrons. The van der Waals surface area contributed by atoms with Gasteiger partial charge in [0.15, 0.2) is 0 Å². The van der Waals surface area contributed by atoms with Crippen LogP contribution in [0.5, 0.6) is 5.75 Å². The van der Waals surface area contributed by atoms with Gasteiger partial charge >= 0.3 is 0 Å². The molecule has 2 nitrogen and oxygen atoms in total. The van der Waals surface area contributed by atoms with Gasteiger partial charge in [0.05, 0.1) is 0 Å². The van der Waals surface area contributed by atoms with Crippen molar-refractivity contribution >= 4 is 0 Å². The second-order valence-electron chi connectivity index (χ2n) is 6.09. The first kappa shape index (κ1) is 12.0. The Morgan fingerprint density at radius 1 is 1.17 bits per heavy atom. The van der Waals surface area contributed by atoms with Crippen LogP contribution in [0.25, 0.3) is 0 Å². The van der Waals surface area contributed by atoms with E-state index in [0.717, 1.165) is 18.4 Å². The Hall–Kier alpha value is -1.02. The molecule has 1 unspecified atom stereocenters. The summed E-state index contributed by atoms with van der Waals surface area (Å²) in [6, 6.07) is 7.70. The Morgan fingerprint density at radius 3 is 2.83 bits per heavy atom. The maximum atomic E-state index is 9.50. The normalized spacial score (nSPS) is 25.2. The summed E-state index contributed by atoms with van der Waals surface area (Å²) in [5, 5.41) is 9.50. The Labute approximate surface area is 110 Å². The van der Waals surface area contributed by atoms with Crippen LogP contribution in [0.2, 0.25) is 0 Å². The van der Waals surface area contributed by atoms with Crippen LogP contribution in [0, 0.1) is 11.8 Å². The summed E-state index contributed by atoms with van der Waals surface area (Å²) in [5.74, 6) is 2.36. The third-order valence-corrected chi connectivity index (χ3v) is 4.28. The summed E-state index contributed by atoms with van der Waals surface area (Å²) in [7, 11) is 0. The molecule has 0 amide bonds. The number of piperidine rings is 1. The van der Waals surface area contributed by atoms with Crippen LogP contribution in [0.4, 0.5) is 0 Å². The fraction of sp³-hybridized carbons (Fsp3) is 0.625. The third-order valence-electron chi connectivity index (χ3n) is 4.28. The predicted molar refractivity (Wildman–Crippen MR) is 73.4 cm³/mol. The lowest BCUT2D eigenvalue weighted by atomic mass is 9.92. The maximum absolute atomic E-state index is 9.50. The van der Waals surface area contributed by atoms with E-state index in [0.29, 0.717) is 5.75 Å². The van der Waals surface area contributed by atoms with Gasteiger partial charge in [-0.05, 0) is 55.3 Å². The summed E-state index contributed by atoms with van der Waals surface area (Å²) >= 11 is 0. The lowest BCUT2D eigenvalue weighted by molar-refractivity contribution is 0.158. The summed E-state index contributed by atoms with van der Waals surface area (Å²) in [4.78, 5) is 2.56. The molecule has 1 aromatic carbocycles. The minimum absolute atomic E-state index is 0.388. The van der Waals surface area contributed by atoms with E-state index >= 15 is 0 Å². The van der Waals surface area contributed by atoms with Crippen LogP contribution in [0.1, 0.15) is 37.7 Å². The largest absolute Gasteiger partial charge is 0.508 e. The molecule has 1 saturated heterocycles. The molecule has 1 atom stereocenters. The fourth-order valence-corrected chi connectivity index (χ4v) is 3.23. The minimum Gasteiger partial charge on any atom is -0.508 e. The highest BCUT2D eigenvalue weighted by molar-refractivity contribution is 5.27. The Bertz CT molecular complexity index is 400. The van der Waals surface area contributed by atoms with Crippen molar-refractivity contribution in [3.05, 3.63) is 29.8 Å². The average Bonchev–Trinajstić information content (AvgIpc) is 3.13. The zero-order valence-electron chi connectivity index (χ0n) is 11.0. The smallest absolute Gasteiger partial charge is 0.115 e. The topological polar surface area (TPSA) is 23.5 Å². The van der Waals surface area contributed by atoms with Crippen LogP contribution in [0.15, 0.2) is 24.3 Å². The molecule has 0 bridgehead atoms. The lowest BCUT2D eigenvalue weighted by Gasteiger charge is -2.32. The molecule has 2 fully saturated rings. The van der Waals surface area contributed by atoms with Crippen molar-refractivity contribution in [2.45, 2.75) is 38.6 Å². The molecule has 1 saturated carbocycles. The van der Waals surface area contributed by atoms with Gasteiger partial charge in [0.1, 0.15) is 5.75 Å². The van der Waals surface area contributed by atoms with Crippen molar-refractivity contribution in [3.8, 4) is 5.75 Å². The van der Waals surface area contributed by atoms with Crippen molar-refractivity contribution in [1.82, 2.24) is 4.90 Å². The number of likely N-dealkylation sites (tertiary alicyclic amines) is 1. The number of nitrogens with zero attached hydrogens (tertiary/aromatic N) is 1. The first-order chi connectivity index (χ1) is 8.79. The molecule has 0 spiro atoms. The highest BCUT2D eigenvalue weighted by Gasteiger charge is 2.28. The summed E-state index contributed by atoms with van der Waals surface area (Å²) < 4.78 is 0. The molecule has 3 rings (SSSR count). The molecule has 2 heteroatoms. The number of hydrogen-bond acceptors (Lipinski definition) is 2. The third kappa shape index (κ3) is 3.26. The number of benzene rings is 1. The molecule has 1 aromatic rings. The van der Waals surface area contributed by atoms with E-state index in [-0.39, 0.29) is 0 Å².